The van der Waals surface area contributed by atoms with Crippen molar-refractivity contribution < 1.29 is 0 Å². The average molecular weight is 238 g/mol. The van der Waals surface area contributed by atoms with Crippen LogP contribution in [0.25, 0.3) is 0 Å². The van der Waals surface area contributed by atoms with Crippen LogP contribution < -0.4 is 5.32 Å². The molecule has 1 N–H and O–H groups in total. The molecule has 3 heteroatoms. The van der Waals surface area contributed by atoms with E-state index in [-0.39, 0.29) is 0 Å². The van der Waals surface area contributed by atoms with Crippen LogP contribution in [-0.2, 0) is 6.54 Å². The van der Waals surface area contributed by atoms with Crippen LogP contribution >= 0.6 is 11.3 Å². The highest BCUT2D eigenvalue weighted by Crippen LogP contribution is 2.17. The smallest absolute Gasteiger partial charge is 0.0303 e. The molecule has 0 saturated carbocycles. The topological polar surface area (TPSA) is 15.3 Å². The molecule has 90 valence electrons. The predicted molar refractivity (Wildman–Crippen MR) is 71.0 cm³/mol. The summed E-state index contributed by atoms with van der Waals surface area (Å²) in [5.41, 5.74) is 1.43. The molecule has 1 aliphatic heterocycles. The Labute approximate surface area is 103 Å². The molecule has 1 aromatic heterocycles. The van der Waals surface area contributed by atoms with Crippen LogP contribution in [0, 0.1) is 6.92 Å². The largest absolute Gasteiger partial charge is 0.310 e. The number of aryl methyl sites for hydroxylation is 1. The number of rotatable bonds is 5. The molecule has 0 aromatic carbocycles. The number of hydrogen-bond acceptors (Lipinski definition) is 3. The molecule has 0 amide bonds. The van der Waals surface area contributed by atoms with Crippen molar-refractivity contribution in [1.82, 2.24) is 10.2 Å². The number of nitrogens with zero attached hydrogens (tertiary/aromatic N) is 1. The van der Waals surface area contributed by atoms with Gasteiger partial charge in [0, 0.05) is 24.0 Å². The van der Waals surface area contributed by atoms with E-state index in [1.807, 2.05) is 11.3 Å². The molecule has 16 heavy (non-hydrogen) atoms. The Kier molecular flexibility index (Phi) is 4.38. The minimum atomic E-state index is 0.769. The first-order chi connectivity index (χ1) is 7.81. The Morgan fingerprint density at radius 3 is 3.12 bits per heavy atom. The maximum Gasteiger partial charge on any atom is 0.0303 e. The fourth-order valence-electron chi connectivity index (χ4n) is 2.48. The van der Waals surface area contributed by atoms with Gasteiger partial charge in [-0.2, -0.15) is 0 Å². The van der Waals surface area contributed by atoms with E-state index in [0.717, 1.165) is 19.1 Å². The van der Waals surface area contributed by atoms with Crippen LogP contribution in [0.4, 0.5) is 0 Å². The van der Waals surface area contributed by atoms with Crippen LogP contribution in [-0.4, -0.2) is 30.6 Å². The minimum absolute atomic E-state index is 0.769. The van der Waals surface area contributed by atoms with Crippen molar-refractivity contribution >= 4 is 11.3 Å². The monoisotopic (exact) mass is 238 g/mol. The van der Waals surface area contributed by atoms with Gasteiger partial charge in [-0.05, 0) is 49.9 Å². The Morgan fingerprint density at radius 1 is 1.56 bits per heavy atom. The maximum atomic E-state index is 3.60. The first-order valence-corrected chi connectivity index (χ1v) is 7.17. The van der Waals surface area contributed by atoms with Crippen LogP contribution in [0.1, 0.15) is 30.2 Å². The standard InChI is InChI=1S/C13H22N2S/c1-3-15-7-4-5-12(15)9-14-10-13-11(2)6-8-16-13/h6,8,12,14H,3-5,7,9-10H2,1-2H3/t12-/m0/s1. The third kappa shape index (κ3) is 2.84. The van der Waals surface area contributed by atoms with Gasteiger partial charge in [-0.25, -0.2) is 0 Å². The van der Waals surface area contributed by atoms with E-state index in [2.05, 4.69) is 35.5 Å². The maximum absolute atomic E-state index is 3.60. The van der Waals surface area contributed by atoms with Gasteiger partial charge in [-0.15, -0.1) is 11.3 Å². The van der Waals surface area contributed by atoms with E-state index in [0.29, 0.717) is 0 Å². The van der Waals surface area contributed by atoms with Crippen LogP contribution in [0.3, 0.4) is 0 Å². The summed E-state index contributed by atoms with van der Waals surface area (Å²) < 4.78 is 0. The van der Waals surface area contributed by atoms with Crippen LogP contribution in [0.15, 0.2) is 11.4 Å². The molecule has 1 saturated heterocycles. The summed E-state index contributed by atoms with van der Waals surface area (Å²) in [5.74, 6) is 0. The third-order valence-corrected chi connectivity index (χ3v) is 4.56. The lowest BCUT2D eigenvalue weighted by Crippen LogP contribution is -2.37. The summed E-state index contributed by atoms with van der Waals surface area (Å²) in [4.78, 5) is 4.08. The molecular weight excluding hydrogens is 216 g/mol. The second-order valence-corrected chi connectivity index (χ2v) is 5.58. The van der Waals surface area contributed by atoms with Crippen molar-refractivity contribution in [3.05, 3.63) is 21.9 Å². The van der Waals surface area contributed by atoms with Crippen molar-refractivity contribution in [3.8, 4) is 0 Å². The Balaban J connectivity index is 1.74. The number of likely N-dealkylation sites (tertiary alicyclic amines) is 1. The summed E-state index contributed by atoms with van der Waals surface area (Å²) in [5, 5.41) is 5.78. The molecule has 1 aliphatic rings. The van der Waals surface area contributed by atoms with Gasteiger partial charge in [0.15, 0.2) is 0 Å². The third-order valence-electron chi connectivity index (χ3n) is 3.54. The summed E-state index contributed by atoms with van der Waals surface area (Å²) in [6, 6.07) is 2.97. The SMILES string of the molecule is CCN1CCC[C@H]1CNCc1sccc1C. The summed E-state index contributed by atoms with van der Waals surface area (Å²) in [7, 11) is 0. The Morgan fingerprint density at radius 2 is 2.44 bits per heavy atom. The van der Waals surface area contributed by atoms with Gasteiger partial charge in [-0.1, -0.05) is 6.92 Å². The lowest BCUT2D eigenvalue weighted by molar-refractivity contribution is 0.260. The second kappa shape index (κ2) is 5.80. The number of hydrogen-bond donors (Lipinski definition) is 1. The molecular formula is C13H22N2S. The molecule has 0 bridgehead atoms. The lowest BCUT2D eigenvalue weighted by atomic mass is 10.2. The van der Waals surface area contributed by atoms with Crippen molar-refractivity contribution in [2.45, 2.75) is 39.3 Å². The number of thiophene rings is 1. The molecule has 0 aliphatic carbocycles. The van der Waals surface area contributed by atoms with E-state index in [1.165, 1.54) is 36.4 Å². The average Bonchev–Trinajstić information content (AvgIpc) is 2.88. The van der Waals surface area contributed by atoms with E-state index < -0.39 is 0 Å². The lowest BCUT2D eigenvalue weighted by Gasteiger charge is -2.22. The first-order valence-electron chi connectivity index (χ1n) is 6.29. The first kappa shape index (κ1) is 12.1. The van der Waals surface area contributed by atoms with Gasteiger partial charge in [0.05, 0.1) is 0 Å². The molecule has 0 radical (unpaired) electrons. The summed E-state index contributed by atoms with van der Waals surface area (Å²) in [6.07, 6.45) is 2.74. The van der Waals surface area contributed by atoms with Crippen molar-refractivity contribution in [2.75, 3.05) is 19.6 Å². The molecule has 2 heterocycles. The van der Waals surface area contributed by atoms with Gasteiger partial charge < -0.3 is 5.32 Å². The summed E-state index contributed by atoms with van der Waals surface area (Å²) in [6.45, 7) is 9.14. The van der Waals surface area contributed by atoms with Crippen LogP contribution in [0.5, 0.6) is 0 Å². The zero-order valence-corrected chi connectivity index (χ0v) is 11.1. The van der Waals surface area contributed by atoms with Gasteiger partial charge in [0.1, 0.15) is 0 Å². The Bertz CT molecular complexity index is 321. The van der Waals surface area contributed by atoms with E-state index in [4.69, 9.17) is 0 Å². The van der Waals surface area contributed by atoms with Crippen molar-refractivity contribution in [1.29, 1.82) is 0 Å². The second-order valence-electron chi connectivity index (χ2n) is 4.58. The number of nitrogens with one attached hydrogen (secondary N) is 1. The van der Waals surface area contributed by atoms with Crippen molar-refractivity contribution in [2.24, 2.45) is 0 Å². The fourth-order valence-corrected chi connectivity index (χ4v) is 3.36. The highest BCUT2D eigenvalue weighted by atomic mass is 32.1. The van der Waals surface area contributed by atoms with Crippen molar-refractivity contribution in [3.63, 3.8) is 0 Å². The quantitative estimate of drug-likeness (QED) is 0.848. The van der Waals surface area contributed by atoms with E-state index in [9.17, 15) is 0 Å². The van der Waals surface area contributed by atoms with Gasteiger partial charge >= 0.3 is 0 Å². The molecule has 0 spiro atoms. The minimum Gasteiger partial charge on any atom is -0.310 e. The number of likely N-dealkylation sites (N-methyl/N-ethyl adjacent to an activating group) is 1. The Hall–Kier alpha value is -0.380. The van der Waals surface area contributed by atoms with Crippen LogP contribution in [0.2, 0.25) is 0 Å². The van der Waals surface area contributed by atoms with Gasteiger partial charge in [0.2, 0.25) is 0 Å². The molecule has 1 aromatic rings. The molecule has 1 fully saturated rings. The fraction of sp³-hybridized carbons (Fsp3) is 0.692. The van der Waals surface area contributed by atoms with Gasteiger partial charge in [0.25, 0.3) is 0 Å². The summed E-state index contributed by atoms with van der Waals surface area (Å²) >= 11 is 1.86. The van der Waals surface area contributed by atoms with Gasteiger partial charge in [-0.3, -0.25) is 4.90 Å². The molecule has 0 unspecified atom stereocenters. The molecule has 2 rings (SSSR count). The molecule has 2 nitrogen and oxygen atoms in total. The van der Waals surface area contributed by atoms with E-state index >= 15 is 0 Å². The highest BCUT2D eigenvalue weighted by Gasteiger charge is 2.22. The zero-order valence-electron chi connectivity index (χ0n) is 10.3. The zero-order chi connectivity index (χ0) is 11.4. The normalized spacial score (nSPS) is 21.8. The molecule has 1 atom stereocenters. The highest BCUT2D eigenvalue weighted by molar-refractivity contribution is 7.10. The van der Waals surface area contributed by atoms with E-state index in [1.54, 1.807) is 0 Å². The predicted octanol–water partition coefficient (Wildman–Crippen LogP) is 2.63.